The van der Waals surface area contributed by atoms with Gasteiger partial charge in [-0.25, -0.2) is 4.98 Å². The lowest BCUT2D eigenvalue weighted by atomic mass is 10.1. The fraction of sp³-hybridized carbons (Fsp3) is 0.467. The van der Waals surface area contributed by atoms with Crippen molar-refractivity contribution in [3.63, 3.8) is 0 Å². The highest BCUT2D eigenvalue weighted by Crippen LogP contribution is 2.19. The van der Waals surface area contributed by atoms with E-state index >= 15 is 0 Å². The number of fused-ring (bicyclic) bond motifs is 1. The highest BCUT2D eigenvalue weighted by molar-refractivity contribution is 5.98. The average molecular weight is 275 g/mol. The maximum absolute atomic E-state index is 12.1. The number of carbonyl (C=O) groups is 1. The zero-order chi connectivity index (χ0) is 14.7. The van der Waals surface area contributed by atoms with Crippen LogP contribution < -0.4 is 5.32 Å². The van der Waals surface area contributed by atoms with Crippen molar-refractivity contribution >= 4 is 16.9 Å². The van der Waals surface area contributed by atoms with Crippen molar-refractivity contribution in [3.8, 4) is 0 Å². The van der Waals surface area contributed by atoms with Gasteiger partial charge in [-0.1, -0.05) is 6.92 Å². The van der Waals surface area contributed by atoms with Crippen LogP contribution in [0.25, 0.3) is 11.0 Å². The third kappa shape index (κ3) is 2.99. The predicted octanol–water partition coefficient (Wildman–Crippen LogP) is 1.93. The molecule has 5 nitrogen and oxygen atoms in total. The summed E-state index contributed by atoms with van der Waals surface area (Å²) in [6, 6.07) is 3.39. The SMILES string of the molecule is CCCc1nc2c(C)cc(C(=O)NC(C)CO)cc2[nH]1. The van der Waals surface area contributed by atoms with E-state index in [-0.39, 0.29) is 18.6 Å². The number of nitrogens with zero attached hydrogens (tertiary/aromatic N) is 1. The quantitative estimate of drug-likeness (QED) is 0.780. The normalized spacial score (nSPS) is 12.6. The Morgan fingerprint density at radius 2 is 2.25 bits per heavy atom. The fourth-order valence-electron chi connectivity index (χ4n) is 2.18. The number of aryl methyl sites for hydroxylation is 2. The van der Waals surface area contributed by atoms with Gasteiger partial charge in [0.25, 0.3) is 5.91 Å². The minimum atomic E-state index is -0.254. The summed E-state index contributed by atoms with van der Waals surface area (Å²) in [5, 5.41) is 11.7. The van der Waals surface area contributed by atoms with Gasteiger partial charge >= 0.3 is 0 Å². The van der Waals surface area contributed by atoms with E-state index in [1.807, 2.05) is 19.1 Å². The van der Waals surface area contributed by atoms with Crippen LogP contribution in [0.4, 0.5) is 0 Å². The van der Waals surface area contributed by atoms with E-state index in [4.69, 9.17) is 5.11 Å². The van der Waals surface area contributed by atoms with E-state index in [9.17, 15) is 4.79 Å². The molecule has 0 aliphatic carbocycles. The summed E-state index contributed by atoms with van der Waals surface area (Å²) >= 11 is 0. The molecule has 0 saturated heterocycles. The maximum Gasteiger partial charge on any atom is 0.251 e. The second kappa shape index (κ2) is 6.05. The fourth-order valence-corrected chi connectivity index (χ4v) is 2.18. The maximum atomic E-state index is 12.1. The standard InChI is InChI=1S/C15H21N3O2/c1-4-5-13-17-12-7-11(6-9(2)14(12)18-13)15(20)16-10(3)8-19/h6-7,10,19H,4-5,8H2,1-3H3,(H,16,20)(H,17,18). The molecule has 0 bridgehead atoms. The number of nitrogens with one attached hydrogen (secondary N) is 2. The molecule has 1 aromatic carbocycles. The number of aliphatic hydroxyl groups excluding tert-OH is 1. The van der Waals surface area contributed by atoms with Crippen molar-refractivity contribution in [3.05, 3.63) is 29.1 Å². The largest absolute Gasteiger partial charge is 0.394 e. The van der Waals surface area contributed by atoms with Gasteiger partial charge in [0, 0.05) is 18.0 Å². The average Bonchev–Trinajstić information content (AvgIpc) is 2.82. The lowest BCUT2D eigenvalue weighted by Gasteiger charge is -2.11. The molecule has 1 amide bonds. The van der Waals surface area contributed by atoms with Gasteiger partial charge in [-0.15, -0.1) is 0 Å². The summed E-state index contributed by atoms with van der Waals surface area (Å²) in [6.07, 6.45) is 1.93. The van der Waals surface area contributed by atoms with Gasteiger partial charge in [0.2, 0.25) is 0 Å². The Hall–Kier alpha value is -1.88. The molecule has 5 heteroatoms. The van der Waals surface area contributed by atoms with Crippen molar-refractivity contribution in [2.75, 3.05) is 6.61 Å². The zero-order valence-corrected chi connectivity index (χ0v) is 12.2. The molecule has 108 valence electrons. The summed E-state index contributed by atoms with van der Waals surface area (Å²) in [5.74, 6) is 0.773. The van der Waals surface area contributed by atoms with Crippen LogP contribution in [-0.4, -0.2) is 33.6 Å². The molecule has 1 heterocycles. The first-order chi connectivity index (χ1) is 9.55. The van der Waals surface area contributed by atoms with Crippen LogP contribution in [-0.2, 0) is 6.42 Å². The molecule has 20 heavy (non-hydrogen) atoms. The first-order valence-corrected chi connectivity index (χ1v) is 6.96. The molecule has 3 N–H and O–H groups in total. The van der Waals surface area contributed by atoms with E-state index in [0.29, 0.717) is 5.56 Å². The molecule has 2 rings (SSSR count). The van der Waals surface area contributed by atoms with E-state index in [0.717, 1.165) is 35.3 Å². The van der Waals surface area contributed by atoms with Crippen molar-refractivity contribution in [2.45, 2.75) is 39.7 Å². The number of aromatic amines is 1. The smallest absolute Gasteiger partial charge is 0.251 e. The molecule has 0 spiro atoms. The number of aromatic nitrogens is 2. The topological polar surface area (TPSA) is 78.0 Å². The van der Waals surface area contributed by atoms with Crippen molar-refractivity contribution in [2.24, 2.45) is 0 Å². The molecule has 1 atom stereocenters. The second-order valence-electron chi connectivity index (χ2n) is 5.18. The number of benzene rings is 1. The van der Waals surface area contributed by atoms with Crippen LogP contribution in [0.15, 0.2) is 12.1 Å². The number of hydrogen-bond donors (Lipinski definition) is 3. The van der Waals surface area contributed by atoms with Gasteiger partial charge in [-0.05, 0) is 38.0 Å². The summed E-state index contributed by atoms with van der Waals surface area (Å²) in [4.78, 5) is 19.9. The first kappa shape index (κ1) is 14.5. The third-order valence-corrected chi connectivity index (χ3v) is 3.23. The first-order valence-electron chi connectivity index (χ1n) is 6.96. The monoisotopic (exact) mass is 275 g/mol. The minimum absolute atomic E-state index is 0.0718. The number of hydrogen-bond acceptors (Lipinski definition) is 3. The Balaban J connectivity index is 2.33. The molecule has 0 aliphatic heterocycles. The molecule has 2 aromatic rings. The van der Waals surface area contributed by atoms with Crippen molar-refractivity contribution in [1.82, 2.24) is 15.3 Å². The van der Waals surface area contributed by atoms with Crippen LogP contribution in [0.5, 0.6) is 0 Å². The third-order valence-electron chi connectivity index (χ3n) is 3.23. The lowest BCUT2D eigenvalue weighted by molar-refractivity contribution is 0.0922. The number of rotatable bonds is 5. The van der Waals surface area contributed by atoms with Crippen LogP contribution in [0.3, 0.4) is 0 Å². The van der Waals surface area contributed by atoms with Gasteiger partial charge < -0.3 is 15.4 Å². The summed E-state index contributed by atoms with van der Waals surface area (Å²) in [6.45, 7) is 5.75. The Bertz CT molecular complexity index is 619. The molecule has 0 aliphatic rings. The van der Waals surface area contributed by atoms with E-state index in [1.165, 1.54) is 0 Å². The number of imidazole rings is 1. The van der Waals surface area contributed by atoms with Crippen molar-refractivity contribution < 1.29 is 9.90 Å². The highest BCUT2D eigenvalue weighted by Gasteiger charge is 2.13. The van der Waals surface area contributed by atoms with Crippen LogP contribution in [0.1, 0.15) is 42.0 Å². The summed E-state index contributed by atoms with van der Waals surface area (Å²) < 4.78 is 0. The molecule has 0 fully saturated rings. The Kier molecular flexibility index (Phi) is 4.39. The molecule has 1 aromatic heterocycles. The molecule has 1 unspecified atom stereocenters. The van der Waals surface area contributed by atoms with Gasteiger partial charge in [-0.2, -0.15) is 0 Å². The number of carbonyl (C=O) groups excluding carboxylic acids is 1. The number of H-pyrrole nitrogens is 1. The summed E-state index contributed by atoms with van der Waals surface area (Å²) in [7, 11) is 0. The number of aliphatic hydroxyl groups is 1. The molecule has 0 saturated carbocycles. The van der Waals surface area contributed by atoms with Crippen LogP contribution in [0, 0.1) is 6.92 Å². The zero-order valence-electron chi connectivity index (χ0n) is 12.2. The van der Waals surface area contributed by atoms with Gasteiger partial charge in [0.15, 0.2) is 0 Å². The van der Waals surface area contributed by atoms with Crippen LogP contribution >= 0.6 is 0 Å². The minimum Gasteiger partial charge on any atom is -0.394 e. The highest BCUT2D eigenvalue weighted by atomic mass is 16.3. The van der Waals surface area contributed by atoms with E-state index in [1.54, 1.807) is 6.92 Å². The predicted molar refractivity (Wildman–Crippen MR) is 78.8 cm³/mol. The van der Waals surface area contributed by atoms with E-state index in [2.05, 4.69) is 22.2 Å². The molecule has 0 radical (unpaired) electrons. The second-order valence-corrected chi connectivity index (χ2v) is 5.18. The van der Waals surface area contributed by atoms with Gasteiger partial charge in [-0.3, -0.25) is 4.79 Å². The summed E-state index contributed by atoms with van der Waals surface area (Å²) in [5.41, 5.74) is 3.36. The number of amides is 1. The molecular weight excluding hydrogens is 254 g/mol. The van der Waals surface area contributed by atoms with Gasteiger partial charge in [0.05, 0.1) is 17.6 Å². The van der Waals surface area contributed by atoms with Crippen molar-refractivity contribution in [1.29, 1.82) is 0 Å². The Labute approximate surface area is 118 Å². The Morgan fingerprint density at radius 1 is 1.50 bits per heavy atom. The Morgan fingerprint density at radius 3 is 2.90 bits per heavy atom. The lowest BCUT2D eigenvalue weighted by Crippen LogP contribution is -2.35. The van der Waals surface area contributed by atoms with Gasteiger partial charge in [0.1, 0.15) is 5.82 Å². The van der Waals surface area contributed by atoms with Crippen LogP contribution in [0.2, 0.25) is 0 Å². The van der Waals surface area contributed by atoms with E-state index < -0.39 is 0 Å². The molecular formula is C15H21N3O2.